The number of carbonyl (C=O) groups is 1. The molecule has 1 N–H and O–H groups in total. The lowest BCUT2D eigenvalue weighted by molar-refractivity contribution is -0.134. The zero-order valence-corrected chi connectivity index (χ0v) is 10.6. The van der Waals surface area contributed by atoms with Gasteiger partial charge in [-0.2, -0.15) is 0 Å². The van der Waals surface area contributed by atoms with Crippen LogP contribution in [0.4, 0.5) is 0 Å². The maximum atomic E-state index is 12.1. The third kappa shape index (κ3) is 2.66. The summed E-state index contributed by atoms with van der Waals surface area (Å²) in [5, 5.41) is 7.21. The van der Waals surface area contributed by atoms with Crippen LogP contribution in [0.5, 0.6) is 0 Å². The molecule has 5 nitrogen and oxygen atoms in total. The molecule has 2 unspecified atom stereocenters. The predicted octanol–water partition coefficient (Wildman–Crippen LogP) is 0.734. The smallest absolute Gasteiger partial charge is 0.229 e. The first kappa shape index (κ1) is 12.1. The quantitative estimate of drug-likeness (QED) is 0.824. The van der Waals surface area contributed by atoms with Crippen LogP contribution in [0, 0.1) is 6.92 Å². The summed E-state index contributed by atoms with van der Waals surface area (Å²) in [6, 6.07) is 2.38. The zero-order valence-electron chi connectivity index (χ0n) is 10.6. The minimum absolute atomic E-state index is 0.124. The standard InChI is InChI=1S/C12H19N3O2/c1-8-6-11(14-17-8)7-12(16)15-5-4-13-9(2)10(15)3/h6,9-10,13H,4-5,7H2,1-3H3. The van der Waals surface area contributed by atoms with Gasteiger partial charge in [-0.25, -0.2) is 0 Å². The van der Waals surface area contributed by atoms with Crippen molar-refractivity contribution in [2.45, 2.75) is 39.3 Å². The van der Waals surface area contributed by atoms with E-state index in [0.29, 0.717) is 18.2 Å². The van der Waals surface area contributed by atoms with Crippen LogP contribution in [-0.2, 0) is 11.2 Å². The molecule has 0 aliphatic carbocycles. The second kappa shape index (κ2) is 4.87. The van der Waals surface area contributed by atoms with Gasteiger partial charge in [0.15, 0.2) is 0 Å². The van der Waals surface area contributed by atoms with E-state index in [4.69, 9.17) is 4.52 Å². The summed E-state index contributed by atoms with van der Waals surface area (Å²) in [6.07, 6.45) is 0.328. The fraction of sp³-hybridized carbons (Fsp3) is 0.667. The van der Waals surface area contributed by atoms with Crippen molar-refractivity contribution in [2.24, 2.45) is 0 Å². The molecule has 2 atom stereocenters. The highest BCUT2D eigenvalue weighted by molar-refractivity contribution is 5.78. The number of carbonyl (C=O) groups excluding carboxylic acids is 1. The summed E-state index contributed by atoms with van der Waals surface area (Å²) in [5.41, 5.74) is 0.714. The van der Waals surface area contributed by atoms with E-state index in [-0.39, 0.29) is 11.9 Å². The predicted molar refractivity (Wildman–Crippen MR) is 63.6 cm³/mol. The van der Waals surface area contributed by atoms with Gasteiger partial charge in [0.25, 0.3) is 0 Å². The summed E-state index contributed by atoms with van der Waals surface area (Å²) in [5.74, 6) is 0.869. The fourth-order valence-corrected chi connectivity index (χ4v) is 2.17. The molecule has 0 aromatic carbocycles. The monoisotopic (exact) mass is 237 g/mol. The summed E-state index contributed by atoms with van der Waals surface area (Å²) in [7, 11) is 0. The first-order chi connectivity index (χ1) is 8.08. The molecule has 0 spiro atoms. The van der Waals surface area contributed by atoms with Gasteiger partial charge < -0.3 is 14.7 Å². The van der Waals surface area contributed by atoms with E-state index in [9.17, 15) is 4.79 Å². The maximum absolute atomic E-state index is 12.1. The first-order valence-corrected chi connectivity index (χ1v) is 6.03. The van der Waals surface area contributed by atoms with Gasteiger partial charge in [-0.15, -0.1) is 0 Å². The first-order valence-electron chi connectivity index (χ1n) is 6.03. The van der Waals surface area contributed by atoms with Gasteiger partial charge in [-0.05, 0) is 20.8 Å². The molecule has 0 radical (unpaired) electrons. The molecule has 2 rings (SSSR count). The van der Waals surface area contributed by atoms with Crippen LogP contribution in [0.15, 0.2) is 10.6 Å². The number of amides is 1. The van der Waals surface area contributed by atoms with E-state index in [1.807, 2.05) is 17.9 Å². The van der Waals surface area contributed by atoms with E-state index < -0.39 is 0 Å². The third-order valence-electron chi connectivity index (χ3n) is 3.36. The molecule has 17 heavy (non-hydrogen) atoms. The molecule has 1 aliphatic heterocycles. The highest BCUT2D eigenvalue weighted by Gasteiger charge is 2.28. The highest BCUT2D eigenvalue weighted by atomic mass is 16.5. The molecule has 94 valence electrons. The molecule has 5 heteroatoms. The van der Waals surface area contributed by atoms with Crippen molar-refractivity contribution < 1.29 is 9.32 Å². The van der Waals surface area contributed by atoms with Crippen molar-refractivity contribution in [3.05, 3.63) is 17.5 Å². The molecular weight excluding hydrogens is 218 g/mol. The highest BCUT2D eigenvalue weighted by Crippen LogP contribution is 2.12. The Morgan fingerprint density at radius 2 is 2.41 bits per heavy atom. The Hall–Kier alpha value is -1.36. The van der Waals surface area contributed by atoms with E-state index in [1.54, 1.807) is 0 Å². The van der Waals surface area contributed by atoms with E-state index in [0.717, 1.165) is 18.8 Å². The van der Waals surface area contributed by atoms with Crippen molar-refractivity contribution in [3.63, 3.8) is 0 Å². The Morgan fingerprint density at radius 1 is 1.65 bits per heavy atom. The molecular formula is C12H19N3O2. The maximum Gasteiger partial charge on any atom is 0.229 e. The second-order valence-corrected chi connectivity index (χ2v) is 4.68. The number of aryl methyl sites for hydroxylation is 1. The molecule has 1 fully saturated rings. The lowest BCUT2D eigenvalue weighted by Crippen LogP contribution is -2.57. The molecule has 1 aromatic heterocycles. The van der Waals surface area contributed by atoms with Gasteiger partial charge >= 0.3 is 0 Å². The van der Waals surface area contributed by atoms with Gasteiger partial charge in [0.2, 0.25) is 5.91 Å². The van der Waals surface area contributed by atoms with Gasteiger partial charge in [-0.1, -0.05) is 5.16 Å². The van der Waals surface area contributed by atoms with Crippen LogP contribution < -0.4 is 5.32 Å². The molecule has 1 amide bonds. The molecule has 1 saturated heterocycles. The molecule has 0 bridgehead atoms. The minimum atomic E-state index is 0.124. The number of nitrogens with one attached hydrogen (secondary N) is 1. The van der Waals surface area contributed by atoms with Crippen LogP contribution in [0.25, 0.3) is 0 Å². The summed E-state index contributed by atoms with van der Waals surface area (Å²) < 4.78 is 4.97. The van der Waals surface area contributed by atoms with Crippen LogP contribution in [0.1, 0.15) is 25.3 Å². The van der Waals surface area contributed by atoms with Crippen LogP contribution in [-0.4, -0.2) is 41.1 Å². The fourth-order valence-electron chi connectivity index (χ4n) is 2.17. The lowest BCUT2D eigenvalue weighted by atomic mass is 10.1. The van der Waals surface area contributed by atoms with Crippen molar-refractivity contribution in [1.82, 2.24) is 15.4 Å². The Morgan fingerprint density at radius 3 is 3.06 bits per heavy atom. The van der Waals surface area contributed by atoms with E-state index in [2.05, 4.69) is 24.3 Å². The Balaban J connectivity index is 1.99. The number of rotatable bonds is 2. The number of nitrogens with zero attached hydrogens (tertiary/aromatic N) is 2. The number of piperazine rings is 1. The SMILES string of the molecule is Cc1cc(CC(=O)N2CCNC(C)C2C)no1. The van der Waals surface area contributed by atoms with Crippen molar-refractivity contribution in [3.8, 4) is 0 Å². The van der Waals surface area contributed by atoms with Crippen LogP contribution >= 0.6 is 0 Å². The summed E-state index contributed by atoms with van der Waals surface area (Å²) in [4.78, 5) is 14.1. The Labute approximate surface area is 101 Å². The average molecular weight is 237 g/mol. The van der Waals surface area contributed by atoms with Gasteiger partial charge in [-0.3, -0.25) is 4.79 Å². The van der Waals surface area contributed by atoms with E-state index in [1.165, 1.54) is 0 Å². The van der Waals surface area contributed by atoms with E-state index >= 15 is 0 Å². The van der Waals surface area contributed by atoms with Gasteiger partial charge in [0.05, 0.1) is 12.1 Å². The van der Waals surface area contributed by atoms with Gasteiger partial charge in [0.1, 0.15) is 5.76 Å². The molecule has 0 saturated carbocycles. The lowest BCUT2D eigenvalue weighted by Gasteiger charge is -2.38. The third-order valence-corrected chi connectivity index (χ3v) is 3.36. The molecule has 2 heterocycles. The summed E-state index contributed by atoms with van der Waals surface area (Å²) in [6.45, 7) is 7.62. The topological polar surface area (TPSA) is 58.4 Å². The largest absolute Gasteiger partial charge is 0.361 e. The van der Waals surface area contributed by atoms with Crippen molar-refractivity contribution >= 4 is 5.91 Å². The Bertz CT molecular complexity index is 402. The molecule has 1 aromatic rings. The number of aromatic nitrogens is 1. The van der Waals surface area contributed by atoms with Gasteiger partial charge in [0, 0.05) is 31.2 Å². The van der Waals surface area contributed by atoms with Crippen LogP contribution in [0.3, 0.4) is 0 Å². The summed E-state index contributed by atoms with van der Waals surface area (Å²) >= 11 is 0. The number of hydrogen-bond acceptors (Lipinski definition) is 4. The normalized spacial score (nSPS) is 25.0. The minimum Gasteiger partial charge on any atom is -0.361 e. The molecule has 1 aliphatic rings. The second-order valence-electron chi connectivity index (χ2n) is 4.68. The zero-order chi connectivity index (χ0) is 12.4. The number of hydrogen-bond donors (Lipinski definition) is 1. The Kier molecular flexibility index (Phi) is 3.47. The average Bonchev–Trinajstić information content (AvgIpc) is 2.68. The van der Waals surface area contributed by atoms with Crippen molar-refractivity contribution in [2.75, 3.05) is 13.1 Å². The van der Waals surface area contributed by atoms with Crippen LogP contribution in [0.2, 0.25) is 0 Å². The van der Waals surface area contributed by atoms with Crippen molar-refractivity contribution in [1.29, 1.82) is 0 Å².